The summed E-state index contributed by atoms with van der Waals surface area (Å²) < 4.78 is 5.10. The first kappa shape index (κ1) is 18.7. The number of carbonyl (C=O) groups is 1. The van der Waals surface area contributed by atoms with Crippen LogP contribution in [-0.2, 0) is 22.5 Å². The van der Waals surface area contributed by atoms with E-state index >= 15 is 0 Å². The van der Waals surface area contributed by atoms with Gasteiger partial charge >= 0.3 is 0 Å². The number of hydrogen-bond donors (Lipinski definition) is 0. The molecule has 0 aliphatic rings. The number of methoxy groups -OCH3 is 1. The molecule has 0 aliphatic carbocycles. The number of ether oxygens (including phenoxy) is 1. The number of pyridine rings is 1. The lowest BCUT2D eigenvalue weighted by molar-refractivity contribution is -0.132. The molecule has 24 heavy (non-hydrogen) atoms. The molecule has 2 aromatic rings. The summed E-state index contributed by atoms with van der Waals surface area (Å²) in [4.78, 5) is 18.6. The van der Waals surface area contributed by atoms with Crippen molar-refractivity contribution in [1.82, 2.24) is 9.88 Å². The third kappa shape index (κ3) is 5.48. The van der Waals surface area contributed by atoms with Gasteiger partial charge in [-0.1, -0.05) is 41.4 Å². The van der Waals surface area contributed by atoms with Crippen LogP contribution in [0.2, 0.25) is 10.0 Å². The van der Waals surface area contributed by atoms with Crippen molar-refractivity contribution >= 4 is 29.1 Å². The third-order valence-corrected chi connectivity index (χ3v) is 4.49. The van der Waals surface area contributed by atoms with Gasteiger partial charge in [-0.25, -0.2) is 0 Å². The molecule has 6 heteroatoms. The van der Waals surface area contributed by atoms with E-state index in [0.29, 0.717) is 42.6 Å². The zero-order valence-corrected chi connectivity index (χ0v) is 15.1. The van der Waals surface area contributed by atoms with Crippen LogP contribution in [0.4, 0.5) is 0 Å². The van der Waals surface area contributed by atoms with E-state index in [0.717, 1.165) is 11.3 Å². The molecule has 4 nitrogen and oxygen atoms in total. The molecule has 1 heterocycles. The number of aryl methyl sites for hydroxylation is 1. The van der Waals surface area contributed by atoms with Gasteiger partial charge in [-0.15, -0.1) is 0 Å². The first-order chi connectivity index (χ1) is 11.6. The van der Waals surface area contributed by atoms with E-state index in [2.05, 4.69) is 4.98 Å². The zero-order valence-electron chi connectivity index (χ0n) is 13.5. The van der Waals surface area contributed by atoms with Crippen molar-refractivity contribution in [2.75, 3.05) is 20.3 Å². The summed E-state index contributed by atoms with van der Waals surface area (Å²) in [7, 11) is 1.62. The first-order valence-corrected chi connectivity index (χ1v) is 8.47. The topological polar surface area (TPSA) is 42.4 Å². The Kier molecular flexibility index (Phi) is 7.50. The predicted molar refractivity (Wildman–Crippen MR) is 96.3 cm³/mol. The maximum Gasteiger partial charge on any atom is 0.223 e. The number of hydrogen-bond acceptors (Lipinski definition) is 3. The number of halogens is 2. The van der Waals surface area contributed by atoms with Crippen molar-refractivity contribution in [3.05, 3.63) is 63.9 Å². The number of rotatable bonds is 8. The lowest BCUT2D eigenvalue weighted by atomic mass is 10.1. The van der Waals surface area contributed by atoms with Gasteiger partial charge in [-0.05, 0) is 30.2 Å². The van der Waals surface area contributed by atoms with E-state index in [1.54, 1.807) is 24.3 Å². The molecule has 128 valence electrons. The molecule has 0 spiro atoms. The van der Waals surface area contributed by atoms with Crippen molar-refractivity contribution in [2.45, 2.75) is 19.4 Å². The third-order valence-electron chi connectivity index (χ3n) is 3.64. The standard InChI is InChI=1S/C18H20Cl2N2O2/c1-24-12-11-22(13-15-6-2-3-10-21-15)17(23)9-8-14-5-4-7-16(19)18(14)20/h2-7,10H,8-9,11-13H2,1H3. The van der Waals surface area contributed by atoms with Crippen molar-refractivity contribution in [1.29, 1.82) is 0 Å². The summed E-state index contributed by atoms with van der Waals surface area (Å²) >= 11 is 12.2. The molecule has 0 fully saturated rings. The largest absolute Gasteiger partial charge is 0.383 e. The lowest BCUT2D eigenvalue weighted by Crippen LogP contribution is -2.33. The molecule has 0 radical (unpaired) electrons. The Morgan fingerprint density at radius 2 is 2.04 bits per heavy atom. The highest BCUT2D eigenvalue weighted by molar-refractivity contribution is 6.42. The van der Waals surface area contributed by atoms with Crippen LogP contribution in [0.25, 0.3) is 0 Å². The molecule has 0 N–H and O–H groups in total. The first-order valence-electron chi connectivity index (χ1n) is 7.71. The highest BCUT2D eigenvalue weighted by atomic mass is 35.5. The number of benzene rings is 1. The maximum absolute atomic E-state index is 12.6. The molecule has 2 rings (SSSR count). The summed E-state index contributed by atoms with van der Waals surface area (Å²) in [5, 5.41) is 1.02. The van der Waals surface area contributed by atoms with Crippen LogP contribution >= 0.6 is 23.2 Å². The number of aromatic nitrogens is 1. The Morgan fingerprint density at radius 1 is 1.21 bits per heavy atom. The van der Waals surface area contributed by atoms with Gasteiger partial charge in [-0.3, -0.25) is 9.78 Å². The fourth-order valence-corrected chi connectivity index (χ4v) is 2.74. The highest BCUT2D eigenvalue weighted by Gasteiger charge is 2.15. The Bertz CT molecular complexity index is 665. The summed E-state index contributed by atoms with van der Waals surface area (Å²) in [5.74, 6) is 0.0359. The van der Waals surface area contributed by atoms with Gasteiger partial charge in [0.2, 0.25) is 5.91 Å². The second-order valence-electron chi connectivity index (χ2n) is 5.34. The van der Waals surface area contributed by atoms with Gasteiger partial charge < -0.3 is 9.64 Å². The van der Waals surface area contributed by atoms with Gasteiger partial charge in [0.25, 0.3) is 0 Å². The number of carbonyl (C=O) groups excluding carboxylic acids is 1. The van der Waals surface area contributed by atoms with Gasteiger partial charge in [0, 0.05) is 26.3 Å². The maximum atomic E-state index is 12.6. The lowest BCUT2D eigenvalue weighted by Gasteiger charge is -2.22. The molecule has 1 amide bonds. The van der Waals surface area contributed by atoms with E-state index < -0.39 is 0 Å². The molecular weight excluding hydrogens is 347 g/mol. The fourth-order valence-electron chi connectivity index (χ4n) is 2.32. The van der Waals surface area contributed by atoms with Crippen molar-refractivity contribution in [3.63, 3.8) is 0 Å². The summed E-state index contributed by atoms with van der Waals surface area (Å²) in [5.41, 5.74) is 1.73. The average Bonchev–Trinajstić information content (AvgIpc) is 2.60. The molecule has 0 atom stereocenters. The molecule has 0 unspecified atom stereocenters. The molecule has 0 saturated heterocycles. The average molecular weight is 367 g/mol. The van der Waals surface area contributed by atoms with Gasteiger partial charge in [0.1, 0.15) is 0 Å². The van der Waals surface area contributed by atoms with Gasteiger partial charge in [0.05, 0.1) is 28.9 Å². The Labute approximate surface area is 152 Å². The predicted octanol–water partition coefficient (Wildman–Crippen LogP) is 4.00. The van der Waals surface area contributed by atoms with Crippen LogP contribution in [-0.4, -0.2) is 36.1 Å². The van der Waals surface area contributed by atoms with E-state index in [4.69, 9.17) is 27.9 Å². The van der Waals surface area contributed by atoms with Crippen LogP contribution in [0, 0.1) is 0 Å². The van der Waals surface area contributed by atoms with Crippen LogP contribution in [0.1, 0.15) is 17.7 Å². The Morgan fingerprint density at radius 3 is 2.75 bits per heavy atom. The van der Waals surface area contributed by atoms with E-state index in [1.807, 2.05) is 30.3 Å². The fraction of sp³-hybridized carbons (Fsp3) is 0.333. The van der Waals surface area contributed by atoms with Gasteiger partial charge in [0.15, 0.2) is 0 Å². The SMILES string of the molecule is COCCN(Cc1ccccn1)C(=O)CCc1cccc(Cl)c1Cl. The highest BCUT2D eigenvalue weighted by Crippen LogP contribution is 2.26. The van der Waals surface area contributed by atoms with Crippen molar-refractivity contribution < 1.29 is 9.53 Å². The zero-order chi connectivity index (χ0) is 17.4. The van der Waals surface area contributed by atoms with E-state index in [1.165, 1.54) is 0 Å². The molecular formula is C18H20Cl2N2O2. The Hall–Kier alpha value is -1.62. The van der Waals surface area contributed by atoms with Crippen LogP contribution in [0.5, 0.6) is 0 Å². The number of amides is 1. The quantitative estimate of drug-likeness (QED) is 0.708. The summed E-state index contributed by atoms with van der Waals surface area (Å²) in [6.07, 6.45) is 2.63. The van der Waals surface area contributed by atoms with Gasteiger partial charge in [-0.2, -0.15) is 0 Å². The van der Waals surface area contributed by atoms with Crippen LogP contribution < -0.4 is 0 Å². The van der Waals surface area contributed by atoms with Crippen molar-refractivity contribution in [2.24, 2.45) is 0 Å². The monoisotopic (exact) mass is 366 g/mol. The molecule has 1 aromatic heterocycles. The van der Waals surface area contributed by atoms with Crippen LogP contribution in [0.3, 0.4) is 0 Å². The molecule has 0 saturated carbocycles. The summed E-state index contributed by atoms with van der Waals surface area (Å²) in [6.45, 7) is 1.47. The number of nitrogens with zero attached hydrogens (tertiary/aromatic N) is 2. The van der Waals surface area contributed by atoms with Crippen LogP contribution in [0.15, 0.2) is 42.6 Å². The minimum atomic E-state index is 0.0359. The van der Waals surface area contributed by atoms with Crippen molar-refractivity contribution in [3.8, 4) is 0 Å². The molecule has 0 bridgehead atoms. The summed E-state index contributed by atoms with van der Waals surface area (Å²) in [6, 6.07) is 11.1. The molecule has 1 aromatic carbocycles. The normalized spacial score (nSPS) is 10.6. The van der Waals surface area contributed by atoms with E-state index in [9.17, 15) is 4.79 Å². The Balaban J connectivity index is 2.00. The second kappa shape index (κ2) is 9.62. The second-order valence-corrected chi connectivity index (χ2v) is 6.13. The smallest absolute Gasteiger partial charge is 0.223 e. The minimum Gasteiger partial charge on any atom is -0.383 e. The minimum absolute atomic E-state index is 0.0359. The van der Waals surface area contributed by atoms with E-state index in [-0.39, 0.29) is 5.91 Å². The molecule has 0 aliphatic heterocycles.